The maximum atomic E-state index is 13.7. The van der Waals surface area contributed by atoms with Gasteiger partial charge in [0.15, 0.2) is 0 Å². The number of hydroxylamine groups is 1. The fourth-order valence-corrected chi connectivity index (χ4v) is 4.82. The summed E-state index contributed by atoms with van der Waals surface area (Å²) >= 11 is 0.562. The zero-order valence-electron chi connectivity index (χ0n) is 17.8. The molecule has 0 unspecified atom stereocenters. The van der Waals surface area contributed by atoms with Crippen molar-refractivity contribution in [2.24, 2.45) is 4.99 Å². The SMILES string of the molecule is Cc1c(CN(C)C)cccc1C1=NC(c2cc(C3C=CC=CC=C3)c(C(F)(F)F)s2)=[N+]1[O-]. The van der Waals surface area contributed by atoms with Crippen molar-refractivity contribution >= 4 is 23.0 Å². The van der Waals surface area contributed by atoms with E-state index in [1.807, 2.05) is 44.1 Å². The van der Waals surface area contributed by atoms with Gasteiger partial charge in [0.25, 0.3) is 11.7 Å². The Bertz CT molecular complexity index is 1180. The standard InChI is InChI=1S/C24H22F3N3OS/c1-15-17(14-29(2)3)11-8-12-18(15)22-28-23(30(22)31)20-13-19(21(32-20)24(25,26)27)16-9-6-4-5-7-10-16/h4-13,16H,14H2,1-3H3. The van der Waals surface area contributed by atoms with Gasteiger partial charge in [-0.05, 0) is 49.8 Å². The molecule has 32 heavy (non-hydrogen) atoms. The lowest BCUT2D eigenvalue weighted by Crippen LogP contribution is -2.33. The van der Waals surface area contributed by atoms with Gasteiger partial charge in [0, 0.05) is 12.5 Å². The predicted octanol–water partition coefficient (Wildman–Crippen LogP) is 5.62. The van der Waals surface area contributed by atoms with Gasteiger partial charge in [-0.2, -0.15) is 13.2 Å². The molecule has 1 aliphatic heterocycles. The number of amidine groups is 2. The van der Waals surface area contributed by atoms with E-state index in [-0.39, 0.29) is 22.1 Å². The van der Waals surface area contributed by atoms with Crippen LogP contribution in [0.3, 0.4) is 0 Å². The molecule has 2 aromatic rings. The number of nitrogens with zero attached hydrogens (tertiary/aromatic N) is 3. The number of benzene rings is 1. The van der Waals surface area contributed by atoms with E-state index in [4.69, 9.17) is 0 Å². The van der Waals surface area contributed by atoms with Crippen LogP contribution < -0.4 is 0 Å². The van der Waals surface area contributed by atoms with Crippen molar-refractivity contribution < 1.29 is 17.9 Å². The lowest BCUT2D eigenvalue weighted by Gasteiger charge is -2.23. The summed E-state index contributed by atoms with van der Waals surface area (Å²) in [7, 11) is 3.92. The minimum absolute atomic E-state index is 0.0128. The quantitative estimate of drug-likeness (QED) is 0.432. The molecule has 4 rings (SSSR count). The zero-order valence-corrected chi connectivity index (χ0v) is 18.7. The van der Waals surface area contributed by atoms with Crippen molar-refractivity contribution in [3.63, 3.8) is 0 Å². The van der Waals surface area contributed by atoms with Gasteiger partial charge < -0.3 is 10.1 Å². The second-order valence-corrected chi connectivity index (χ2v) is 9.01. The Morgan fingerprint density at radius 3 is 2.41 bits per heavy atom. The van der Waals surface area contributed by atoms with Crippen molar-refractivity contribution in [2.75, 3.05) is 14.1 Å². The van der Waals surface area contributed by atoms with Crippen LogP contribution in [-0.4, -0.2) is 35.4 Å². The number of rotatable bonds is 5. The van der Waals surface area contributed by atoms with Crippen molar-refractivity contribution in [3.05, 3.63) is 97.9 Å². The molecular formula is C24H22F3N3OS. The van der Waals surface area contributed by atoms with Crippen LogP contribution in [-0.2, 0) is 12.7 Å². The third-order valence-electron chi connectivity index (χ3n) is 5.34. The maximum absolute atomic E-state index is 13.7. The monoisotopic (exact) mass is 457 g/mol. The summed E-state index contributed by atoms with van der Waals surface area (Å²) in [6.45, 7) is 2.63. The highest BCUT2D eigenvalue weighted by Gasteiger charge is 2.39. The fraction of sp³-hybridized carbons (Fsp3) is 0.250. The number of aliphatic imine (C=N–C) groups is 1. The minimum Gasteiger partial charge on any atom is -0.740 e. The second kappa shape index (κ2) is 8.52. The van der Waals surface area contributed by atoms with Gasteiger partial charge in [0.2, 0.25) is 0 Å². The summed E-state index contributed by atoms with van der Waals surface area (Å²) in [5.41, 5.74) is 2.82. The Hall–Kier alpha value is -2.97. The average molecular weight is 458 g/mol. The largest absolute Gasteiger partial charge is 0.740 e. The molecule has 8 heteroatoms. The lowest BCUT2D eigenvalue weighted by atomic mass is 9.98. The molecule has 166 valence electrons. The van der Waals surface area contributed by atoms with E-state index in [1.165, 1.54) is 6.07 Å². The van der Waals surface area contributed by atoms with Gasteiger partial charge in [-0.15, -0.1) is 11.3 Å². The maximum Gasteiger partial charge on any atom is 0.425 e. The molecule has 1 aliphatic carbocycles. The van der Waals surface area contributed by atoms with Crippen molar-refractivity contribution in [1.82, 2.24) is 4.90 Å². The number of hydrogen-bond acceptors (Lipinski definition) is 4. The molecule has 0 saturated heterocycles. The second-order valence-electron chi connectivity index (χ2n) is 7.95. The highest BCUT2D eigenvalue weighted by Crippen LogP contribution is 2.43. The molecule has 2 heterocycles. The normalized spacial score (nSPS) is 16.5. The third-order valence-corrected chi connectivity index (χ3v) is 6.53. The number of allylic oxidation sites excluding steroid dienone is 6. The van der Waals surface area contributed by atoms with Gasteiger partial charge in [0.1, 0.15) is 9.75 Å². The van der Waals surface area contributed by atoms with E-state index in [2.05, 4.69) is 4.99 Å². The molecule has 0 saturated carbocycles. The summed E-state index contributed by atoms with van der Waals surface area (Å²) in [5, 5.41) is 12.9. The molecule has 4 nitrogen and oxygen atoms in total. The Morgan fingerprint density at radius 2 is 1.81 bits per heavy atom. The summed E-state index contributed by atoms with van der Waals surface area (Å²) in [6.07, 6.45) is 5.87. The van der Waals surface area contributed by atoms with Gasteiger partial charge in [-0.25, -0.2) is 4.74 Å². The number of thiophene rings is 1. The predicted molar refractivity (Wildman–Crippen MR) is 122 cm³/mol. The molecule has 0 fully saturated rings. The van der Waals surface area contributed by atoms with Crippen LogP contribution in [0.4, 0.5) is 13.2 Å². The van der Waals surface area contributed by atoms with Gasteiger partial charge in [-0.1, -0.05) is 53.6 Å². The Kier molecular flexibility index (Phi) is 5.92. The molecule has 0 radical (unpaired) electrons. The first kappa shape index (κ1) is 22.2. The van der Waals surface area contributed by atoms with E-state index < -0.39 is 17.0 Å². The van der Waals surface area contributed by atoms with Crippen molar-refractivity contribution in [1.29, 1.82) is 0 Å². The van der Waals surface area contributed by atoms with E-state index in [1.54, 1.807) is 36.5 Å². The van der Waals surface area contributed by atoms with Crippen molar-refractivity contribution in [3.8, 4) is 0 Å². The highest BCUT2D eigenvalue weighted by atomic mass is 32.1. The van der Waals surface area contributed by atoms with Gasteiger partial charge in [0.05, 0.1) is 5.56 Å². The summed E-state index contributed by atoms with van der Waals surface area (Å²) in [4.78, 5) is 5.89. The van der Waals surface area contributed by atoms with Crippen LogP contribution in [0.15, 0.2) is 65.7 Å². The Morgan fingerprint density at radius 1 is 1.12 bits per heavy atom. The smallest absolute Gasteiger partial charge is 0.425 e. The number of halogens is 3. The van der Waals surface area contributed by atoms with Gasteiger partial charge >= 0.3 is 6.18 Å². The topological polar surface area (TPSA) is 41.7 Å². The molecule has 0 atom stereocenters. The van der Waals surface area contributed by atoms with E-state index in [9.17, 15) is 18.4 Å². The third kappa shape index (κ3) is 4.20. The van der Waals surface area contributed by atoms with Crippen LogP contribution in [0.2, 0.25) is 0 Å². The van der Waals surface area contributed by atoms with Gasteiger partial charge in [-0.3, -0.25) is 0 Å². The summed E-state index contributed by atoms with van der Waals surface area (Å²) in [5.74, 6) is -0.292. The van der Waals surface area contributed by atoms with Crippen LogP contribution in [0, 0.1) is 12.1 Å². The van der Waals surface area contributed by atoms with E-state index in [0.29, 0.717) is 28.2 Å². The number of hydrogen-bond donors (Lipinski definition) is 0. The lowest BCUT2D eigenvalue weighted by molar-refractivity contribution is -0.337. The fourth-order valence-electron chi connectivity index (χ4n) is 3.76. The van der Waals surface area contributed by atoms with Crippen molar-refractivity contribution in [2.45, 2.75) is 25.6 Å². The van der Waals surface area contributed by atoms with Crippen LogP contribution >= 0.6 is 11.3 Å². The minimum atomic E-state index is -4.51. The average Bonchev–Trinajstić information content (AvgIpc) is 2.97. The first-order chi connectivity index (χ1) is 15.2. The first-order valence-corrected chi connectivity index (χ1v) is 10.9. The van der Waals surface area contributed by atoms with E-state index in [0.717, 1.165) is 11.1 Å². The van der Waals surface area contributed by atoms with Crippen LogP contribution in [0.1, 0.15) is 37.9 Å². The summed E-state index contributed by atoms with van der Waals surface area (Å²) < 4.78 is 41.9. The molecule has 0 spiro atoms. The molecule has 1 aromatic heterocycles. The first-order valence-electron chi connectivity index (χ1n) is 10.1. The molecule has 0 bridgehead atoms. The van der Waals surface area contributed by atoms with E-state index >= 15 is 0 Å². The number of alkyl halides is 3. The molecular weight excluding hydrogens is 435 g/mol. The molecule has 0 N–H and O–H groups in total. The highest BCUT2D eigenvalue weighted by molar-refractivity contribution is 7.14. The molecule has 1 aromatic carbocycles. The Labute approximate surface area is 188 Å². The Balaban J connectivity index is 1.69. The van der Waals surface area contributed by atoms with Crippen LogP contribution in [0.25, 0.3) is 0 Å². The molecule has 2 aliphatic rings. The molecule has 0 amide bonds. The summed E-state index contributed by atoms with van der Waals surface area (Å²) in [6, 6.07) is 7.10. The van der Waals surface area contributed by atoms with Crippen LogP contribution in [0.5, 0.6) is 0 Å². The zero-order chi connectivity index (χ0) is 23.0.